The molecule has 24 heavy (non-hydrogen) atoms. The van der Waals surface area contributed by atoms with Gasteiger partial charge in [0.25, 0.3) is 6.43 Å². The van der Waals surface area contributed by atoms with Crippen LogP contribution in [0.1, 0.15) is 18.9 Å². The minimum absolute atomic E-state index is 0.107. The van der Waals surface area contributed by atoms with Crippen LogP contribution in [-0.4, -0.2) is 29.5 Å². The van der Waals surface area contributed by atoms with Gasteiger partial charge in [-0.05, 0) is 28.1 Å². The lowest BCUT2D eigenvalue weighted by Crippen LogP contribution is -2.02. The standard InChI is InChI=1S/C15H13BrF2N4OS/c1-3-24(23)9-5-4-6-19-11(9)15-21-12-10(13(17)18)8(16)7-20-14(12)22(15)2/h4-7,13H,3H2,1-2H3. The molecule has 0 bridgehead atoms. The molecule has 0 saturated carbocycles. The van der Waals surface area contributed by atoms with E-state index in [-0.39, 0.29) is 15.6 Å². The number of aromatic nitrogens is 4. The van der Waals surface area contributed by atoms with Crippen molar-refractivity contribution in [2.45, 2.75) is 18.2 Å². The first kappa shape index (κ1) is 17.1. The van der Waals surface area contributed by atoms with Gasteiger partial charge in [0.2, 0.25) is 0 Å². The second-order valence-corrected chi connectivity index (χ2v) is 7.53. The normalized spacial score (nSPS) is 12.9. The Morgan fingerprint density at radius 1 is 1.38 bits per heavy atom. The van der Waals surface area contributed by atoms with Crippen LogP contribution < -0.4 is 0 Å². The van der Waals surface area contributed by atoms with Gasteiger partial charge in [-0.25, -0.2) is 18.7 Å². The first-order chi connectivity index (χ1) is 11.5. The predicted octanol–water partition coefficient (Wildman–Crippen LogP) is 3.86. The molecule has 0 amide bonds. The molecule has 0 saturated heterocycles. The fraction of sp³-hybridized carbons (Fsp3) is 0.267. The summed E-state index contributed by atoms with van der Waals surface area (Å²) in [5, 5.41) is 0. The number of alkyl halides is 2. The average Bonchev–Trinajstić information content (AvgIpc) is 2.90. The molecule has 0 aliphatic heterocycles. The van der Waals surface area contributed by atoms with Gasteiger partial charge in [-0.1, -0.05) is 6.92 Å². The quantitative estimate of drug-likeness (QED) is 0.650. The molecule has 3 aromatic rings. The summed E-state index contributed by atoms with van der Waals surface area (Å²) in [7, 11) is 0.430. The SMILES string of the molecule is CCS(=O)c1cccnc1-c1nc2c(C(F)F)c(Br)cnc2n1C. The van der Waals surface area contributed by atoms with E-state index in [1.165, 1.54) is 6.20 Å². The van der Waals surface area contributed by atoms with Gasteiger partial charge < -0.3 is 4.57 Å². The van der Waals surface area contributed by atoms with Gasteiger partial charge in [0.1, 0.15) is 11.2 Å². The molecule has 126 valence electrons. The molecule has 3 aromatic heterocycles. The van der Waals surface area contributed by atoms with Crippen LogP contribution in [0.4, 0.5) is 8.78 Å². The second kappa shape index (κ2) is 6.64. The van der Waals surface area contributed by atoms with E-state index in [0.29, 0.717) is 27.8 Å². The molecular formula is C15H13BrF2N4OS. The van der Waals surface area contributed by atoms with Crippen LogP contribution in [0, 0.1) is 0 Å². The number of imidazole rings is 1. The number of rotatable bonds is 4. The number of halogens is 3. The Kier molecular flexibility index (Phi) is 4.73. The number of pyridine rings is 2. The molecule has 5 nitrogen and oxygen atoms in total. The topological polar surface area (TPSA) is 60.7 Å². The van der Waals surface area contributed by atoms with Crippen molar-refractivity contribution in [1.29, 1.82) is 0 Å². The Morgan fingerprint density at radius 2 is 2.12 bits per heavy atom. The summed E-state index contributed by atoms with van der Waals surface area (Å²) in [6.45, 7) is 1.80. The summed E-state index contributed by atoms with van der Waals surface area (Å²) in [4.78, 5) is 13.3. The van der Waals surface area contributed by atoms with Crippen molar-refractivity contribution in [2.24, 2.45) is 7.05 Å². The second-order valence-electron chi connectivity index (χ2n) is 4.97. The lowest BCUT2D eigenvalue weighted by Gasteiger charge is -2.06. The first-order valence-electron chi connectivity index (χ1n) is 7.08. The summed E-state index contributed by atoms with van der Waals surface area (Å²) < 4.78 is 40.8. The number of fused-ring (bicyclic) bond motifs is 1. The van der Waals surface area contributed by atoms with Crippen LogP contribution in [0.25, 0.3) is 22.7 Å². The highest BCUT2D eigenvalue weighted by molar-refractivity contribution is 9.10. The molecule has 1 atom stereocenters. The number of hydrogen-bond donors (Lipinski definition) is 0. The van der Waals surface area contributed by atoms with Gasteiger partial charge in [0, 0.05) is 29.7 Å². The van der Waals surface area contributed by atoms with Gasteiger partial charge in [-0.15, -0.1) is 0 Å². The van der Waals surface area contributed by atoms with Crippen molar-refractivity contribution < 1.29 is 13.0 Å². The molecule has 0 N–H and O–H groups in total. The molecule has 0 aliphatic rings. The average molecular weight is 415 g/mol. The Morgan fingerprint density at radius 3 is 2.79 bits per heavy atom. The van der Waals surface area contributed by atoms with Crippen LogP contribution in [0.5, 0.6) is 0 Å². The highest BCUT2D eigenvalue weighted by Gasteiger charge is 2.24. The Balaban J connectivity index is 2.32. The summed E-state index contributed by atoms with van der Waals surface area (Å²) in [5.74, 6) is 0.782. The van der Waals surface area contributed by atoms with Crippen molar-refractivity contribution in [2.75, 3.05) is 5.75 Å². The van der Waals surface area contributed by atoms with E-state index in [4.69, 9.17) is 0 Å². The van der Waals surface area contributed by atoms with Crippen LogP contribution in [0.15, 0.2) is 33.9 Å². The van der Waals surface area contributed by atoms with Crippen LogP contribution in [-0.2, 0) is 17.8 Å². The Bertz CT molecular complexity index is 945. The highest BCUT2D eigenvalue weighted by Crippen LogP contribution is 2.35. The maximum Gasteiger partial charge on any atom is 0.267 e. The van der Waals surface area contributed by atoms with Gasteiger partial charge >= 0.3 is 0 Å². The lowest BCUT2D eigenvalue weighted by atomic mass is 10.2. The minimum Gasteiger partial charge on any atom is -0.310 e. The van der Waals surface area contributed by atoms with Crippen LogP contribution >= 0.6 is 15.9 Å². The zero-order valence-corrected chi connectivity index (χ0v) is 15.2. The molecule has 0 spiro atoms. The van der Waals surface area contributed by atoms with E-state index in [1.54, 1.807) is 36.9 Å². The highest BCUT2D eigenvalue weighted by atomic mass is 79.9. The number of hydrogen-bond acceptors (Lipinski definition) is 4. The van der Waals surface area contributed by atoms with Gasteiger partial charge in [0.05, 0.1) is 21.3 Å². The zero-order valence-electron chi connectivity index (χ0n) is 12.8. The summed E-state index contributed by atoms with van der Waals surface area (Å²) in [5.41, 5.74) is 0.628. The monoisotopic (exact) mass is 414 g/mol. The lowest BCUT2D eigenvalue weighted by molar-refractivity contribution is 0.152. The molecule has 0 aromatic carbocycles. The third-order valence-electron chi connectivity index (χ3n) is 3.59. The molecule has 9 heteroatoms. The van der Waals surface area contributed by atoms with Gasteiger partial charge in [-0.3, -0.25) is 9.19 Å². The van der Waals surface area contributed by atoms with E-state index < -0.39 is 17.2 Å². The van der Waals surface area contributed by atoms with Crippen molar-refractivity contribution >= 4 is 37.9 Å². The van der Waals surface area contributed by atoms with Crippen LogP contribution in [0.3, 0.4) is 0 Å². The molecule has 3 heterocycles. The Hall–Kier alpha value is -1.74. The summed E-state index contributed by atoms with van der Waals surface area (Å²) >= 11 is 3.10. The van der Waals surface area contributed by atoms with Gasteiger partial charge in [-0.2, -0.15) is 0 Å². The maximum absolute atomic E-state index is 13.4. The largest absolute Gasteiger partial charge is 0.310 e. The van der Waals surface area contributed by atoms with E-state index in [1.807, 2.05) is 0 Å². The zero-order chi connectivity index (χ0) is 17.4. The van der Waals surface area contributed by atoms with Crippen molar-refractivity contribution in [1.82, 2.24) is 19.5 Å². The number of aryl methyl sites for hydroxylation is 1. The summed E-state index contributed by atoms with van der Waals surface area (Å²) in [6.07, 6.45) is 0.196. The minimum atomic E-state index is -2.69. The van der Waals surface area contributed by atoms with E-state index >= 15 is 0 Å². The van der Waals surface area contributed by atoms with E-state index in [2.05, 4.69) is 30.9 Å². The van der Waals surface area contributed by atoms with Crippen LogP contribution in [0.2, 0.25) is 0 Å². The smallest absolute Gasteiger partial charge is 0.267 e. The molecule has 3 rings (SSSR count). The van der Waals surface area contributed by atoms with Crippen molar-refractivity contribution in [3.8, 4) is 11.5 Å². The summed E-state index contributed by atoms with van der Waals surface area (Å²) in [6, 6.07) is 3.40. The molecule has 0 fully saturated rings. The third-order valence-corrected chi connectivity index (χ3v) is 5.56. The third kappa shape index (κ3) is 2.75. The van der Waals surface area contributed by atoms with E-state index in [0.717, 1.165) is 0 Å². The molecule has 0 radical (unpaired) electrons. The first-order valence-corrected chi connectivity index (χ1v) is 9.19. The predicted molar refractivity (Wildman–Crippen MR) is 91.3 cm³/mol. The van der Waals surface area contributed by atoms with Crippen molar-refractivity contribution in [3.63, 3.8) is 0 Å². The Labute approximate surface area is 147 Å². The maximum atomic E-state index is 13.4. The van der Waals surface area contributed by atoms with E-state index in [9.17, 15) is 13.0 Å². The van der Waals surface area contributed by atoms with Crippen molar-refractivity contribution in [3.05, 3.63) is 34.6 Å². The molecular weight excluding hydrogens is 402 g/mol. The fourth-order valence-corrected chi connectivity index (χ4v) is 3.80. The molecule has 0 aliphatic carbocycles. The fourth-order valence-electron chi connectivity index (χ4n) is 2.44. The number of nitrogens with zero attached hydrogens (tertiary/aromatic N) is 4. The van der Waals surface area contributed by atoms with Gasteiger partial charge in [0.15, 0.2) is 11.5 Å². The molecule has 1 unspecified atom stereocenters.